The Kier molecular flexibility index (Phi) is 2.95. The topological polar surface area (TPSA) is 52.6 Å². The number of nitrogens with one attached hydrogen (secondary N) is 1. The van der Waals surface area contributed by atoms with Crippen LogP contribution in [0.5, 0.6) is 0 Å². The smallest absolute Gasteiger partial charge is 0.257 e. The van der Waals surface area contributed by atoms with Crippen LogP contribution in [0, 0.1) is 0 Å². The third kappa shape index (κ3) is 1.62. The molecule has 2 aromatic carbocycles. The third-order valence-electron chi connectivity index (χ3n) is 3.87. The Balaban J connectivity index is 2.15. The van der Waals surface area contributed by atoms with Crippen molar-refractivity contribution >= 4 is 17.3 Å². The molecule has 2 aromatic rings. The van der Waals surface area contributed by atoms with Gasteiger partial charge in [-0.1, -0.05) is 43.3 Å². The standard InChI is InChI=1S/C16H16N2O2/c1-2-16(18(20)12-8-4-3-5-9-12)13-10-6-7-11-14(13)17-15(16)19/h3-11,20H,2H2,1H3,(H,17,19)/t16-/m1/s1. The number of carbonyl (C=O) groups is 1. The van der Waals surface area contributed by atoms with E-state index >= 15 is 0 Å². The van der Waals surface area contributed by atoms with Crippen LogP contribution in [0.3, 0.4) is 0 Å². The molecule has 1 aliphatic rings. The number of fused-ring (bicyclic) bond motifs is 1. The number of amides is 1. The normalized spacial score (nSPS) is 20.4. The Labute approximate surface area is 117 Å². The lowest BCUT2D eigenvalue weighted by Crippen LogP contribution is -2.49. The van der Waals surface area contributed by atoms with Gasteiger partial charge in [-0.15, -0.1) is 0 Å². The zero-order valence-electron chi connectivity index (χ0n) is 11.2. The molecule has 20 heavy (non-hydrogen) atoms. The summed E-state index contributed by atoms with van der Waals surface area (Å²) in [5.41, 5.74) is 1.09. The molecule has 3 rings (SSSR count). The first-order valence-corrected chi connectivity index (χ1v) is 6.65. The number of carbonyl (C=O) groups excluding carboxylic acids is 1. The average Bonchev–Trinajstić information content (AvgIpc) is 2.79. The Hall–Kier alpha value is -2.33. The molecule has 0 saturated heterocycles. The summed E-state index contributed by atoms with van der Waals surface area (Å²) >= 11 is 0. The third-order valence-corrected chi connectivity index (χ3v) is 3.87. The van der Waals surface area contributed by atoms with Crippen molar-refractivity contribution in [1.29, 1.82) is 0 Å². The fraction of sp³-hybridized carbons (Fsp3) is 0.188. The Morgan fingerprint density at radius 2 is 1.75 bits per heavy atom. The molecule has 0 bridgehead atoms. The van der Waals surface area contributed by atoms with E-state index in [1.54, 1.807) is 12.1 Å². The largest absolute Gasteiger partial charge is 0.323 e. The van der Waals surface area contributed by atoms with Crippen LogP contribution in [-0.2, 0) is 10.3 Å². The van der Waals surface area contributed by atoms with Crippen molar-refractivity contribution in [2.45, 2.75) is 18.9 Å². The molecule has 0 radical (unpaired) electrons. The number of hydrogen-bond acceptors (Lipinski definition) is 3. The number of anilines is 2. The first kappa shape index (κ1) is 12.7. The highest BCUT2D eigenvalue weighted by atomic mass is 16.5. The van der Waals surface area contributed by atoms with Gasteiger partial charge in [-0.25, -0.2) is 5.06 Å². The molecule has 0 aromatic heterocycles. The number of hydrogen-bond donors (Lipinski definition) is 2. The van der Waals surface area contributed by atoms with Crippen molar-refractivity contribution in [2.75, 3.05) is 10.4 Å². The second-order valence-corrected chi connectivity index (χ2v) is 4.86. The van der Waals surface area contributed by atoms with Crippen LogP contribution in [0.15, 0.2) is 54.6 Å². The maximum atomic E-state index is 12.5. The number of nitrogens with zero attached hydrogens (tertiary/aromatic N) is 1. The van der Waals surface area contributed by atoms with Gasteiger partial charge in [0.1, 0.15) is 0 Å². The van der Waals surface area contributed by atoms with Crippen LogP contribution in [0.4, 0.5) is 11.4 Å². The second-order valence-electron chi connectivity index (χ2n) is 4.86. The van der Waals surface area contributed by atoms with Gasteiger partial charge in [0.15, 0.2) is 5.54 Å². The number of rotatable bonds is 3. The van der Waals surface area contributed by atoms with Crippen molar-refractivity contribution < 1.29 is 10.0 Å². The van der Waals surface area contributed by atoms with E-state index in [1.807, 2.05) is 49.4 Å². The summed E-state index contributed by atoms with van der Waals surface area (Å²) in [6.07, 6.45) is 0.473. The van der Waals surface area contributed by atoms with Crippen molar-refractivity contribution in [3.63, 3.8) is 0 Å². The van der Waals surface area contributed by atoms with E-state index in [9.17, 15) is 10.0 Å². The molecule has 2 N–H and O–H groups in total. The number of hydroxylamine groups is 1. The molecule has 102 valence electrons. The Bertz CT molecular complexity index is 642. The fourth-order valence-corrected chi connectivity index (χ4v) is 2.80. The van der Waals surface area contributed by atoms with Crippen molar-refractivity contribution in [1.82, 2.24) is 0 Å². The SMILES string of the molecule is CC[C@]1(N(O)c2ccccc2)C(=O)Nc2ccccc21. The zero-order valence-corrected chi connectivity index (χ0v) is 11.2. The highest BCUT2D eigenvalue weighted by molar-refractivity contribution is 6.07. The minimum atomic E-state index is -1.07. The molecule has 0 fully saturated rings. The lowest BCUT2D eigenvalue weighted by molar-refractivity contribution is -0.123. The summed E-state index contributed by atoms with van der Waals surface area (Å²) in [6, 6.07) is 16.6. The summed E-state index contributed by atoms with van der Waals surface area (Å²) in [5.74, 6) is -0.201. The van der Waals surface area contributed by atoms with Gasteiger partial charge in [0.05, 0.1) is 5.69 Å². The Morgan fingerprint density at radius 3 is 2.45 bits per heavy atom. The lowest BCUT2D eigenvalue weighted by Gasteiger charge is -2.35. The predicted molar refractivity (Wildman–Crippen MR) is 77.7 cm³/mol. The molecule has 1 heterocycles. The van der Waals surface area contributed by atoms with Gasteiger partial charge in [-0.2, -0.15) is 0 Å². The summed E-state index contributed by atoms with van der Waals surface area (Å²) in [5, 5.41) is 14.6. The summed E-state index contributed by atoms with van der Waals surface area (Å²) in [7, 11) is 0. The number of para-hydroxylation sites is 2. The lowest BCUT2D eigenvalue weighted by atomic mass is 9.87. The molecule has 0 unspecified atom stereocenters. The van der Waals surface area contributed by atoms with Gasteiger partial charge in [0.25, 0.3) is 5.91 Å². The average molecular weight is 268 g/mol. The zero-order chi connectivity index (χ0) is 14.2. The van der Waals surface area contributed by atoms with Crippen molar-refractivity contribution in [3.8, 4) is 0 Å². The molecule has 1 atom stereocenters. The summed E-state index contributed by atoms with van der Waals surface area (Å²) in [6.45, 7) is 1.90. The molecule has 4 heteroatoms. The molecular weight excluding hydrogens is 252 g/mol. The number of benzene rings is 2. The van der Waals surface area contributed by atoms with Crippen LogP contribution in [0.1, 0.15) is 18.9 Å². The minimum Gasteiger partial charge on any atom is -0.323 e. The van der Waals surface area contributed by atoms with Crippen LogP contribution in [-0.4, -0.2) is 11.1 Å². The first-order valence-electron chi connectivity index (χ1n) is 6.65. The van der Waals surface area contributed by atoms with Crippen molar-refractivity contribution in [3.05, 3.63) is 60.2 Å². The van der Waals surface area contributed by atoms with Crippen LogP contribution < -0.4 is 10.4 Å². The quantitative estimate of drug-likeness (QED) is 0.841. The van der Waals surface area contributed by atoms with Gasteiger partial charge in [0, 0.05) is 11.3 Å². The van der Waals surface area contributed by atoms with Gasteiger partial charge in [-0.3, -0.25) is 10.0 Å². The first-order chi connectivity index (χ1) is 9.70. The van der Waals surface area contributed by atoms with Crippen LogP contribution in [0.2, 0.25) is 0 Å². The maximum absolute atomic E-state index is 12.5. The molecule has 0 saturated carbocycles. The van der Waals surface area contributed by atoms with E-state index in [2.05, 4.69) is 5.32 Å². The maximum Gasteiger partial charge on any atom is 0.257 e. The fourth-order valence-electron chi connectivity index (χ4n) is 2.80. The van der Waals surface area contributed by atoms with Crippen LogP contribution >= 0.6 is 0 Å². The second kappa shape index (κ2) is 4.65. The monoisotopic (exact) mass is 268 g/mol. The van der Waals surface area contributed by atoms with E-state index < -0.39 is 5.54 Å². The molecule has 1 amide bonds. The highest BCUT2D eigenvalue weighted by Gasteiger charge is 2.50. The van der Waals surface area contributed by atoms with Gasteiger partial charge < -0.3 is 5.32 Å². The molecular formula is C16H16N2O2. The Morgan fingerprint density at radius 1 is 1.10 bits per heavy atom. The predicted octanol–water partition coefficient (Wildman–Crippen LogP) is 3.14. The molecule has 0 aliphatic carbocycles. The van der Waals surface area contributed by atoms with Gasteiger partial charge >= 0.3 is 0 Å². The molecule has 0 spiro atoms. The van der Waals surface area contributed by atoms with E-state index in [1.165, 1.54) is 0 Å². The van der Waals surface area contributed by atoms with Gasteiger partial charge in [0.2, 0.25) is 0 Å². The van der Waals surface area contributed by atoms with E-state index in [0.29, 0.717) is 12.1 Å². The minimum absolute atomic E-state index is 0.201. The van der Waals surface area contributed by atoms with Gasteiger partial charge in [-0.05, 0) is 24.6 Å². The highest BCUT2D eigenvalue weighted by Crippen LogP contribution is 2.43. The van der Waals surface area contributed by atoms with E-state index in [0.717, 1.165) is 16.3 Å². The molecule has 4 nitrogen and oxygen atoms in total. The van der Waals surface area contributed by atoms with E-state index in [-0.39, 0.29) is 5.91 Å². The van der Waals surface area contributed by atoms with Crippen LogP contribution in [0.25, 0.3) is 0 Å². The summed E-state index contributed by atoms with van der Waals surface area (Å²) in [4.78, 5) is 12.5. The van der Waals surface area contributed by atoms with Crippen molar-refractivity contribution in [2.24, 2.45) is 0 Å². The van der Waals surface area contributed by atoms with E-state index in [4.69, 9.17) is 0 Å². The molecule has 1 aliphatic heterocycles. The summed E-state index contributed by atoms with van der Waals surface area (Å²) < 4.78 is 0.